The van der Waals surface area contributed by atoms with E-state index in [-0.39, 0.29) is 23.6 Å². The quantitative estimate of drug-likeness (QED) is 0.600. The normalized spacial score (nSPS) is 12.2. The molecule has 2 heterocycles. The van der Waals surface area contributed by atoms with Gasteiger partial charge in [0.05, 0.1) is 11.1 Å². The number of oxazole rings is 1. The van der Waals surface area contributed by atoms with Gasteiger partial charge in [0.15, 0.2) is 5.76 Å². The van der Waals surface area contributed by atoms with Crippen LogP contribution in [0, 0.1) is 12.1 Å². The van der Waals surface area contributed by atoms with Crippen LogP contribution in [-0.2, 0) is 11.3 Å². The van der Waals surface area contributed by atoms with Crippen molar-refractivity contribution in [3.63, 3.8) is 0 Å². The first kappa shape index (κ1) is 21.0. The fourth-order valence-corrected chi connectivity index (χ4v) is 3.04. The van der Waals surface area contributed by atoms with E-state index in [4.69, 9.17) is 16.0 Å². The average molecular weight is 415 g/mol. The van der Waals surface area contributed by atoms with Gasteiger partial charge in [-0.2, -0.15) is 0 Å². The van der Waals surface area contributed by atoms with Crippen LogP contribution < -0.4 is 10.4 Å². The maximum absolute atomic E-state index is 12.4. The summed E-state index contributed by atoms with van der Waals surface area (Å²) in [6.07, 6.45) is 1.64. The van der Waals surface area contributed by atoms with E-state index in [9.17, 15) is 10.0 Å². The Morgan fingerprint density at radius 2 is 2.03 bits per heavy atom. The van der Waals surface area contributed by atoms with Crippen molar-refractivity contribution >= 4 is 23.3 Å². The third-order valence-corrected chi connectivity index (χ3v) is 4.77. The van der Waals surface area contributed by atoms with Crippen LogP contribution in [0.2, 0.25) is 5.02 Å². The predicted octanol–water partition coefficient (Wildman–Crippen LogP) is 3.61. The number of pyridine rings is 1. The van der Waals surface area contributed by atoms with Crippen molar-refractivity contribution < 1.29 is 14.3 Å². The maximum atomic E-state index is 12.4. The molecule has 0 fully saturated rings. The molecule has 29 heavy (non-hydrogen) atoms. The van der Waals surface area contributed by atoms with E-state index in [1.54, 1.807) is 18.3 Å². The molecule has 0 radical (unpaired) electrons. The van der Waals surface area contributed by atoms with E-state index < -0.39 is 0 Å². The van der Waals surface area contributed by atoms with Gasteiger partial charge < -0.3 is 20.0 Å². The lowest BCUT2D eigenvalue weighted by Crippen LogP contribution is -3.09. The lowest BCUT2D eigenvalue weighted by molar-refractivity contribution is -0.885. The highest BCUT2D eigenvalue weighted by molar-refractivity contribution is 6.33. The molecule has 7 nitrogen and oxygen atoms in total. The summed E-state index contributed by atoms with van der Waals surface area (Å²) in [5, 5.41) is 15.6. The number of nitrogens with one attached hydrogen (secondary N) is 2. The largest absolute Gasteiger partial charge is 0.634 e. The van der Waals surface area contributed by atoms with E-state index >= 15 is 0 Å². The molecule has 0 aliphatic rings. The highest BCUT2D eigenvalue weighted by atomic mass is 35.5. The maximum Gasteiger partial charge on any atom is 0.227 e. The van der Waals surface area contributed by atoms with Crippen molar-refractivity contribution in [1.29, 1.82) is 0 Å². The van der Waals surface area contributed by atoms with Crippen LogP contribution in [0.1, 0.15) is 32.0 Å². The monoisotopic (exact) mass is 414 g/mol. The van der Waals surface area contributed by atoms with E-state index in [2.05, 4.69) is 15.3 Å². The zero-order chi connectivity index (χ0) is 21.1. The van der Waals surface area contributed by atoms with Crippen molar-refractivity contribution in [2.75, 3.05) is 5.32 Å². The van der Waals surface area contributed by atoms with Crippen LogP contribution in [-0.4, -0.2) is 21.9 Å². The minimum Gasteiger partial charge on any atom is -0.634 e. The molecule has 1 atom stereocenters. The molecule has 0 saturated heterocycles. The summed E-state index contributed by atoms with van der Waals surface area (Å²) in [6, 6.07) is 8.85. The van der Waals surface area contributed by atoms with Crippen LogP contribution in [0.3, 0.4) is 0 Å². The number of carbonyl (C=O) groups is 1. The number of anilines is 1. The first-order chi connectivity index (χ1) is 13.8. The van der Waals surface area contributed by atoms with Crippen molar-refractivity contribution in [3.8, 4) is 22.8 Å². The number of aryl methyl sites for hydroxylation is 1. The van der Waals surface area contributed by atoms with Crippen LogP contribution in [0.4, 0.5) is 5.82 Å². The molecule has 1 unspecified atom stereocenters. The van der Waals surface area contributed by atoms with E-state index in [0.29, 0.717) is 39.3 Å². The van der Waals surface area contributed by atoms with E-state index in [0.717, 1.165) is 5.56 Å². The van der Waals surface area contributed by atoms with Gasteiger partial charge in [0.2, 0.25) is 11.8 Å². The van der Waals surface area contributed by atoms with Gasteiger partial charge in [-0.05, 0) is 44.5 Å². The number of hydrogen-bond acceptors (Lipinski definition) is 5. The van der Waals surface area contributed by atoms with Crippen molar-refractivity contribution in [2.45, 2.75) is 40.3 Å². The van der Waals surface area contributed by atoms with E-state index in [1.165, 1.54) is 6.92 Å². The summed E-state index contributed by atoms with van der Waals surface area (Å²) in [4.78, 5) is 20.2. The van der Waals surface area contributed by atoms with Crippen molar-refractivity contribution in [3.05, 3.63) is 58.0 Å². The number of hydrogen-bond donors (Lipinski definition) is 2. The lowest BCUT2D eigenvalue weighted by Gasteiger charge is -2.25. The third-order valence-electron chi connectivity index (χ3n) is 4.44. The van der Waals surface area contributed by atoms with E-state index in [1.807, 2.05) is 39.0 Å². The molecule has 0 bridgehead atoms. The smallest absolute Gasteiger partial charge is 0.227 e. The Hall–Kier alpha value is -2.74. The van der Waals surface area contributed by atoms with Gasteiger partial charge in [0, 0.05) is 24.2 Å². The van der Waals surface area contributed by atoms with Gasteiger partial charge in [-0.3, -0.25) is 4.79 Å². The van der Waals surface area contributed by atoms with Gasteiger partial charge in [-0.25, -0.2) is 9.97 Å². The fraction of sp³-hybridized carbons (Fsp3) is 0.286. The number of amides is 1. The van der Waals surface area contributed by atoms with Gasteiger partial charge in [-0.15, -0.1) is 0 Å². The summed E-state index contributed by atoms with van der Waals surface area (Å²) < 4.78 is 6.10. The van der Waals surface area contributed by atoms with Crippen LogP contribution in [0.25, 0.3) is 22.8 Å². The Balaban J connectivity index is 2.12. The molecule has 3 aromatic rings. The van der Waals surface area contributed by atoms with Gasteiger partial charge in [0.1, 0.15) is 18.1 Å². The Kier molecular flexibility index (Phi) is 6.32. The van der Waals surface area contributed by atoms with Gasteiger partial charge >= 0.3 is 0 Å². The Labute approximate surface area is 174 Å². The highest BCUT2D eigenvalue weighted by Crippen LogP contribution is 2.35. The number of halogens is 1. The minimum atomic E-state index is -0.223. The molecular weight excluding hydrogens is 392 g/mol. The lowest BCUT2D eigenvalue weighted by atomic mass is 10.1. The number of hydroxylamine groups is 2. The number of aromatic nitrogens is 2. The molecule has 0 saturated carbocycles. The second kappa shape index (κ2) is 8.73. The first-order valence-electron chi connectivity index (χ1n) is 9.28. The Bertz CT molecular complexity index is 1030. The molecule has 152 valence electrons. The van der Waals surface area contributed by atoms with Gasteiger partial charge in [0.25, 0.3) is 0 Å². The molecule has 1 aromatic carbocycles. The number of benzene rings is 1. The number of quaternary nitrogens is 1. The van der Waals surface area contributed by atoms with Gasteiger partial charge in [-0.1, -0.05) is 23.7 Å². The Morgan fingerprint density at radius 1 is 1.31 bits per heavy atom. The molecule has 2 N–H and O–H groups in total. The minimum absolute atomic E-state index is 0.0588. The highest BCUT2D eigenvalue weighted by Gasteiger charge is 2.22. The topological polar surface area (TPSA) is 95.5 Å². The summed E-state index contributed by atoms with van der Waals surface area (Å²) in [7, 11) is 0. The number of carbonyl (C=O) groups excluding carboxylic acids is 1. The van der Waals surface area contributed by atoms with Crippen molar-refractivity contribution in [1.82, 2.24) is 9.97 Å². The molecular formula is C21H23ClN4O3. The molecule has 0 aliphatic heterocycles. The summed E-state index contributed by atoms with van der Waals surface area (Å²) in [6.45, 7) is 7.14. The van der Waals surface area contributed by atoms with Crippen LogP contribution >= 0.6 is 11.6 Å². The van der Waals surface area contributed by atoms with Crippen LogP contribution in [0.5, 0.6) is 0 Å². The summed E-state index contributed by atoms with van der Waals surface area (Å²) in [5.41, 5.74) is 2.71. The zero-order valence-electron chi connectivity index (χ0n) is 16.7. The molecule has 0 aliphatic carbocycles. The fourth-order valence-electron chi connectivity index (χ4n) is 2.81. The van der Waals surface area contributed by atoms with Crippen LogP contribution in [0.15, 0.2) is 40.9 Å². The third kappa shape index (κ3) is 4.82. The molecule has 2 aromatic heterocycles. The van der Waals surface area contributed by atoms with Crippen molar-refractivity contribution in [2.24, 2.45) is 0 Å². The summed E-state index contributed by atoms with van der Waals surface area (Å²) in [5.74, 6) is 0.991. The SMILES string of the molecule is CC(=O)Nc1cc(-c2nc(C[NH+]([O-])C(C)C)c(-c3ccccc3Cl)o2)c(C)cn1. The molecule has 8 heteroatoms. The zero-order valence-corrected chi connectivity index (χ0v) is 17.5. The Morgan fingerprint density at radius 3 is 2.69 bits per heavy atom. The predicted molar refractivity (Wildman–Crippen MR) is 112 cm³/mol. The summed E-state index contributed by atoms with van der Waals surface area (Å²) >= 11 is 6.37. The molecule has 3 rings (SSSR count). The molecule has 0 spiro atoms. The average Bonchev–Trinajstić information content (AvgIpc) is 3.06. The second-order valence-corrected chi connectivity index (χ2v) is 7.55. The standard InChI is InChI=1S/C21H23ClN4O3/c1-12(2)26(28)11-18-20(15-7-5-6-8-17(15)22)29-21(25-18)16-9-19(24-14(4)27)23-10-13(16)3/h5-10,12,26H,11H2,1-4H3,(H,23,24,27). The number of nitrogens with zero attached hydrogens (tertiary/aromatic N) is 2. The first-order valence-corrected chi connectivity index (χ1v) is 9.66. The molecule has 1 amide bonds. The second-order valence-electron chi connectivity index (χ2n) is 7.14. The number of rotatable bonds is 6.